The predicted octanol–water partition coefficient (Wildman–Crippen LogP) is 3.70. The lowest BCUT2D eigenvalue weighted by Crippen LogP contribution is -1.95. The molecule has 0 unspecified atom stereocenters. The van der Waals surface area contributed by atoms with Gasteiger partial charge >= 0.3 is 0 Å². The molecule has 2 heterocycles. The highest BCUT2D eigenvalue weighted by Gasteiger charge is 2.09. The van der Waals surface area contributed by atoms with Gasteiger partial charge in [-0.05, 0) is 30.6 Å². The monoisotopic (exact) mass is 284 g/mol. The molecule has 0 aliphatic rings. The Morgan fingerprint density at radius 1 is 1.25 bits per heavy atom. The van der Waals surface area contributed by atoms with Gasteiger partial charge in [0, 0.05) is 6.42 Å². The lowest BCUT2D eigenvalue weighted by atomic mass is 10.1. The van der Waals surface area contributed by atoms with E-state index in [1.54, 1.807) is 11.3 Å². The first-order valence-electron chi connectivity index (χ1n) is 6.72. The normalized spacial score (nSPS) is 12.2. The van der Waals surface area contributed by atoms with Gasteiger partial charge in [0.25, 0.3) is 0 Å². The average molecular weight is 284 g/mol. The number of benzene rings is 1. The van der Waals surface area contributed by atoms with E-state index in [4.69, 9.17) is 0 Å². The summed E-state index contributed by atoms with van der Waals surface area (Å²) in [5.74, 6) is 0.941. The molecule has 2 aromatic heterocycles. The van der Waals surface area contributed by atoms with Crippen LogP contribution in [0.1, 0.15) is 36.7 Å². The van der Waals surface area contributed by atoms with Crippen molar-refractivity contribution in [3.05, 3.63) is 46.7 Å². The van der Waals surface area contributed by atoms with Crippen LogP contribution in [0, 0.1) is 0 Å². The van der Waals surface area contributed by atoms with E-state index in [0.717, 1.165) is 28.6 Å². The van der Waals surface area contributed by atoms with Crippen molar-refractivity contribution in [2.24, 2.45) is 0 Å². The lowest BCUT2D eigenvalue weighted by molar-refractivity contribution is 0.775. The maximum absolute atomic E-state index is 4.59. The maximum atomic E-state index is 4.59. The second-order valence-electron chi connectivity index (χ2n) is 4.69. The third-order valence-electron chi connectivity index (χ3n) is 3.11. The molecule has 0 N–H and O–H groups in total. The van der Waals surface area contributed by atoms with Gasteiger partial charge in [-0.15, -0.1) is 10.2 Å². The van der Waals surface area contributed by atoms with Crippen LogP contribution in [0.2, 0.25) is 0 Å². The molecule has 1 aromatic carbocycles. The fraction of sp³-hybridized carbons (Fsp3) is 0.267. The molecule has 4 nitrogen and oxygen atoms in total. The highest BCUT2D eigenvalue weighted by molar-refractivity contribution is 7.17. The first-order chi connectivity index (χ1) is 9.78. The summed E-state index contributed by atoms with van der Waals surface area (Å²) in [6, 6.07) is 10.3. The van der Waals surface area contributed by atoms with E-state index >= 15 is 0 Å². The molecule has 102 valence electrons. The zero-order valence-electron chi connectivity index (χ0n) is 11.6. The number of hydrogen-bond acceptors (Lipinski definition) is 4. The highest BCUT2D eigenvalue weighted by Crippen LogP contribution is 2.21. The number of nitrogens with zero attached hydrogens (tertiary/aromatic N) is 4. The van der Waals surface area contributed by atoms with Gasteiger partial charge in [0.15, 0.2) is 5.82 Å². The summed E-state index contributed by atoms with van der Waals surface area (Å²) < 4.78 is 1.86. The Hall–Kier alpha value is -2.01. The molecule has 0 saturated carbocycles. The number of allylic oxidation sites excluding steroid dienone is 1. The van der Waals surface area contributed by atoms with E-state index in [1.165, 1.54) is 11.1 Å². The minimum atomic E-state index is 0.862. The van der Waals surface area contributed by atoms with E-state index in [2.05, 4.69) is 47.4 Å². The summed E-state index contributed by atoms with van der Waals surface area (Å²) in [5.41, 5.74) is 2.42. The summed E-state index contributed by atoms with van der Waals surface area (Å²) in [5, 5.41) is 13.9. The zero-order valence-corrected chi connectivity index (χ0v) is 12.4. The van der Waals surface area contributed by atoms with Crippen LogP contribution in [0.25, 0.3) is 16.6 Å². The van der Waals surface area contributed by atoms with Crippen molar-refractivity contribution in [1.29, 1.82) is 0 Å². The number of aryl methyl sites for hydroxylation is 1. The van der Waals surface area contributed by atoms with Crippen molar-refractivity contribution >= 4 is 27.9 Å². The van der Waals surface area contributed by atoms with E-state index in [0.29, 0.717) is 0 Å². The van der Waals surface area contributed by atoms with Gasteiger partial charge in [-0.3, -0.25) is 0 Å². The largest absolute Gasteiger partial charge is 0.234 e. The molecule has 0 aliphatic heterocycles. The van der Waals surface area contributed by atoms with Gasteiger partial charge in [0.2, 0.25) is 4.96 Å². The van der Waals surface area contributed by atoms with Crippen molar-refractivity contribution in [2.75, 3.05) is 0 Å². The molecule has 3 rings (SSSR count). The van der Waals surface area contributed by atoms with Crippen molar-refractivity contribution in [2.45, 2.75) is 26.7 Å². The number of fused-ring (bicyclic) bond motifs is 1. The van der Waals surface area contributed by atoms with Crippen LogP contribution in [-0.2, 0) is 6.42 Å². The standard InChI is InChI=1S/C15H16N4S/c1-3-7-13-16-17-15-19(13)18-14(20-15)10-11(2)12-8-5-4-6-9-12/h4-6,8-10H,3,7H2,1-2H3/b11-10-. The summed E-state index contributed by atoms with van der Waals surface area (Å²) in [6.07, 6.45) is 4.06. The molecule has 0 atom stereocenters. The number of hydrogen-bond donors (Lipinski definition) is 0. The molecule has 0 saturated heterocycles. The lowest BCUT2D eigenvalue weighted by Gasteiger charge is -1.98. The topological polar surface area (TPSA) is 43.1 Å². The second-order valence-corrected chi connectivity index (χ2v) is 5.68. The molecule has 0 aliphatic carbocycles. The molecule has 5 heteroatoms. The first-order valence-corrected chi connectivity index (χ1v) is 7.54. The molecule has 0 fully saturated rings. The van der Waals surface area contributed by atoms with Crippen LogP contribution >= 0.6 is 11.3 Å². The van der Waals surface area contributed by atoms with Crippen molar-refractivity contribution in [3.63, 3.8) is 0 Å². The molecular weight excluding hydrogens is 268 g/mol. The van der Waals surface area contributed by atoms with E-state index in [9.17, 15) is 0 Å². The van der Waals surface area contributed by atoms with Crippen molar-refractivity contribution < 1.29 is 0 Å². The van der Waals surface area contributed by atoms with E-state index in [-0.39, 0.29) is 0 Å². The minimum absolute atomic E-state index is 0.862. The summed E-state index contributed by atoms with van der Waals surface area (Å²) in [7, 11) is 0. The summed E-state index contributed by atoms with van der Waals surface area (Å²) in [4.78, 5) is 0.862. The van der Waals surface area contributed by atoms with Gasteiger partial charge in [0.05, 0.1) is 0 Å². The predicted molar refractivity (Wildman–Crippen MR) is 82.6 cm³/mol. The Morgan fingerprint density at radius 3 is 2.80 bits per heavy atom. The molecule has 0 bridgehead atoms. The first kappa shape index (κ1) is 13.0. The minimum Gasteiger partial charge on any atom is -0.187 e. The molecule has 20 heavy (non-hydrogen) atoms. The van der Waals surface area contributed by atoms with Crippen LogP contribution in [-0.4, -0.2) is 19.8 Å². The Kier molecular flexibility index (Phi) is 3.60. The van der Waals surface area contributed by atoms with Gasteiger partial charge in [0.1, 0.15) is 5.01 Å². The molecule has 0 spiro atoms. The van der Waals surface area contributed by atoms with Gasteiger partial charge in [-0.25, -0.2) is 0 Å². The number of rotatable bonds is 4. The van der Waals surface area contributed by atoms with Gasteiger partial charge < -0.3 is 0 Å². The number of aromatic nitrogens is 4. The quantitative estimate of drug-likeness (QED) is 0.733. The summed E-state index contributed by atoms with van der Waals surface area (Å²) >= 11 is 1.57. The zero-order chi connectivity index (χ0) is 13.9. The second kappa shape index (κ2) is 5.54. The van der Waals surface area contributed by atoms with Crippen LogP contribution < -0.4 is 0 Å². The smallest absolute Gasteiger partial charge is 0.187 e. The van der Waals surface area contributed by atoms with Gasteiger partial charge in [-0.1, -0.05) is 48.6 Å². The third-order valence-corrected chi connectivity index (χ3v) is 3.96. The van der Waals surface area contributed by atoms with Crippen LogP contribution in [0.5, 0.6) is 0 Å². The Balaban J connectivity index is 1.95. The fourth-order valence-electron chi connectivity index (χ4n) is 2.08. The van der Waals surface area contributed by atoms with E-state index < -0.39 is 0 Å². The molecule has 0 radical (unpaired) electrons. The summed E-state index contributed by atoms with van der Waals surface area (Å²) in [6.45, 7) is 4.23. The van der Waals surface area contributed by atoms with Crippen molar-refractivity contribution in [3.8, 4) is 0 Å². The van der Waals surface area contributed by atoms with Crippen LogP contribution in [0.15, 0.2) is 30.3 Å². The molecule has 3 aromatic rings. The van der Waals surface area contributed by atoms with Gasteiger partial charge in [-0.2, -0.15) is 9.61 Å². The average Bonchev–Trinajstić information content (AvgIpc) is 3.02. The van der Waals surface area contributed by atoms with Crippen LogP contribution in [0.3, 0.4) is 0 Å². The maximum Gasteiger partial charge on any atom is 0.234 e. The van der Waals surface area contributed by atoms with E-state index in [1.807, 2.05) is 22.7 Å². The Labute approximate surface area is 121 Å². The fourth-order valence-corrected chi connectivity index (χ4v) is 2.94. The Bertz CT molecular complexity index is 740. The molecular formula is C15H16N4S. The SMILES string of the molecule is CCCc1nnc2sc(/C=C(/C)c3ccccc3)nn12. The van der Waals surface area contributed by atoms with Crippen molar-refractivity contribution in [1.82, 2.24) is 19.8 Å². The molecule has 0 amide bonds. The Morgan fingerprint density at radius 2 is 2.05 bits per heavy atom. The third kappa shape index (κ3) is 2.49. The highest BCUT2D eigenvalue weighted by atomic mass is 32.1. The van der Waals surface area contributed by atoms with Crippen LogP contribution in [0.4, 0.5) is 0 Å².